The number of ether oxygens (including phenoxy) is 10. The molecule has 6 aromatic rings. The molecule has 68 heavy (non-hydrogen) atoms. The number of benzene rings is 6. The van der Waals surface area contributed by atoms with Gasteiger partial charge in [-0.1, -0.05) is 188 Å². The third-order valence-electron chi connectivity index (χ3n) is 11.8. The highest BCUT2D eigenvalue weighted by Gasteiger charge is 2.54. The summed E-state index contributed by atoms with van der Waals surface area (Å²) in [6, 6.07) is 59.3. The molecule has 2 saturated heterocycles. The van der Waals surface area contributed by atoms with Crippen molar-refractivity contribution in [2.24, 2.45) is 0 Å². The van der Waals surface area contributed by atoms with E-state index >= 15 is 0 Å². The van der Waals surface area contributed by atoms with Gasteiger partial charge in [-0.15, -0.1) is 6.42 Å². The maximum Gasteiger partial charge on any atom is 0.187 e. The fourth-order valence-corrected chi connectivity index (χ4v) is 8.30. The van der Waals surface area contributed by atoms with Gasteiger partial charge in [-0.25, -0.2) is 0 Å². The number of rotatable bonds is 24. The van der Waals surface area contributed by atoms with Crippen molar-refractivity contribution < 1.29 is 52.5 Å². The quantitative estimate of drug-likeness (QED) is 0.0590. The summed E-state index contributed by atoms with van der Waals surface area (Å²) >= 11 is 0. The Labute approximate surface area is 399 Å². The first-order valence-corrected chi connectivity index (χ1v) is 23.2. The average molecular weight is 921 g/mol. The Morgan fingerprint density at radius 2 is 0.721 bits per heavy atom. The molecule has 0 bridgehead atoms. The Bertz CT molecular complexity index is 2340. The van der Waals surface area contributed by atoms with Crippen LogP contribution >= 0.6 is 0 Å². The van der Waals surface area contributed by atoms with Crippen molar-refractivity contribution in [1.82, 2.24) is 0 Å². The summed E-state index contributed by atoms with van der Waals surface area (Å²) < 4.78 is 67.1. The monoisotopic (exact) mass is 920 g/mol. The smallest absolute Gasteiger partial charge is 0.187 e. The topological polar surface area (TPSA) is 113 Å². The minimum absolute atomic E-state index is 0.0377. The Hall–Kier alpha value is -5.56. The molecule has 0 radical (unpaired) electrons. The van der Waals surface area contributed by atoms with Crippen molar-refractivity contribution in [2.45, 2.75) is 101 Å². The van der Waals surface area contributed by atoms with Crippen LogP contribution in [0.5, 0.6) is 0 Å². The van der Waals surface area contributed by atoms with Gasteiger partial charge < -0.3 is 52.5 Å². The van der Waals surface area contributed by atoms with Crippen molar-refractivity contribution in [1.29, 1.82) is 0 Å². The average Bonchev–Trinajstić information content (AvgIpc) is 3.39. The first-order chi connectivity index (χ1) is 33.6. The third kappa shape index (κ3) is 14.2. The SMILES string of the molecule is C#CCO[C@@H]1O[C@H](COCc2ccccc2)[C@@H](O[C@@H]2O[C@H](COCc3ccccc3)[C@H](OCc3ccccc3)[C@H](OCc3ccccc3)[C@H]2OCc2ccccc2)[C@H](OCc2ccccc2)[C@@H]1O. The van der Waals surface area contributed by atoms with E-state index in [2.05, 4.69) is 5.92 Å². The molecule has 11 nitrogen and oxygen atoms in total. The fraction of sp³-hybridized carbons (Fsp3) is 0.333. The molecule has 8 rings (SSSR count). The molecule has 0 aromatic heterocycles. The second-order valence-electron chi connectivity index (χ2n) is 16.7. The van der Waals surface area contributed by atoms with Crippen molar-refractivity contribution in [3.8, 4) is 12.3 Å². The van der Waals surface area contributed by atoms with Crippen molar-refractivity contribution in [2.75, 3.05) is 19.8 Å². The molecule has 2 aliphatic heterocycles. The van der Waals surface area contributed by atoms with Crippen LogP contribution in [0.3, 0.4) is 0 Å². The Balaban J connectivity index is 1.17. The maximum absolute atomic E-state index is 12.1. The molecule has 0 saturated carbocycles. The molecule has 2 aliphatic rings. The largest absolute Gasteiger partial charge is 0.385 e. The summed E-state index contributed by atoms with van der Waals surface area (Å²) in [5.74, 6) is 2.49. The van der Waals surface area contributed by atoms with Gasteiger partial charge in [0.25, 0.3) is 0 Å². The Morgan fingerprint density at radius 3 is 1.13 bits per heavy atom. The second kappa shape index (κ2) is 26.3. The van der Waals surface area contributed by atoms with Gasteiger partial charge in [0.2, 0.25) is 0 Å². The highest BCUT2D eigenvalue weighted by Crippen LogP contribution is 2.36. The lowest BCUT2D eigenvalue weighted by Crippen LogP contribution is -2.66. The molecule has 0 aliphatic carbocycles. The standard InChI is InChI=1S/C57H60O11/c1-2-33-61-56-50(58)53(63-37-45-27-15-6-16-28-45)52(49(66-56)41-60-35-43-23-11-4-12-24-43)68-57-55(65-39-47-31-19-8-20-32-47)54(64-38-46-29-17-7-18-30-46)51(62-36-44-25-13-5-14-26-44)48(67-57)40-59-34-42-21-9-3-10-22-42/h1,3-32,48-58H,33-41H2/t48-,49-,50+,51+,52-,53-,54+,55-,56-,57+/m1/s1. The van der Waals surface area contributed by atoms with E-state index in [0.717, 1.165) is 33.4 Å². The molecule has 1 N–H and O–H groups in total. The van der Waals surface area contributed by atoms with Gasteiger partial charge in [0.15, 0.2) is 12.6 Å². The number of terminal acetylenes is 1. The summed E-state index contributed by atoms with van der Waals surface area (Å²) in [7, 11) is 0. The zero-order valence-corrected chi connectivity index (χ0v) is 38.1. The summed E-state index contributed by atoms with van der Waals surface area (Å²) in [6.07, 6.45) is -4.02. The normalized spacial score (nSPS) is 24.8. The number of aliphatic hydroxyl groups is 1. The van der Waals surface area contributed by atoms with Crippen LogP contribution in [0.2, 0.25) is 0 Å². The van der Waals surface area contributed by atoms with Gasteiger partial charge in [0.1, 0.15) is 55.4 Å². The van der Waals surface area contributed by atoms with Gasteiger partial charge in [0, 0.05) is 0 Å². The lowest BCUT2D eigenvalue weighted by Gasteiger charge is -2.49. The lowest BCUT2D eigenvalue weighted by molar-refractivity contribution is -0.373. The van der Waals surface area contributed by atoms with Gasteiger partial charge in [-0.3, -0.25) is 0 Å². The van der Waals surface area contributed by atoms with E-state index in [1.165, 1.54) is 0 Å². The van der Waals surface area contributed by atoms with Crippen LogP contribution in [0.25, 0.3) is 0 Å². The third-order valence-corrected chi connectivity index (χ3v) is 11.8. The van der Waals surface area contributed by atoms with E-state index in [0.29, 0.717) is 13.2 Å². The summed E-state index contributed by atoms with van der Waals surface area (Å²) in [5.41, 5.74) is 5.74. The number of aliphatic hydroxyl groups excluding tert-OH is 1. The minimum atomic E-state index is -1.34. The highest BCUT2D eigenvalue weighted by molar-refractivity contribution is 5.18. The van der Waals surface area contributed by atoms with E-state index in [4.69, 9.17) is 53.8 Å². The second-order valence-corrected chi connectivity index (χ2v) is 16.7. The van der Waals surface area contributed by atoms with E-state index in [-0.39, 0.29) is 46.2 Å². The van der Waals surface area contributed by atoms with Crippen LogP contribution in [0.1, 0.15) is 33.4 Å². The molecular weight excluding hydrogens is 861 g/mol. The molecule has 11 heteroatoms. The van der Waals surface area contributed by atoms with Crippen molar-refractivity contribution in [3.63, 3.8) is 0 Å². The molecular formula is C57H60O11. The summed E-state index contributed by atoms with van der Waals surface area (Å²) in [6.45, 7) is 1.53. The zero-order valence-electron chi connectivity index (χ0n) is 38.1. The Kier molecular flexibility index (Phi) is 18.9. The summed E-state index contributed by atoms with van der Waals surface area (Å²) in [4.78, 5) is 0. The molecule has 0 spiro atoms. The van der Waals surface area contributed by atoms with E-state index < -0.39 is 61.4 Å². The van der Waals surface area contributed by atoms with Gasteiger partial charge in [-0.05, 0) is 33.4 Å². The first-order valence-electron chi connectivity index (χ1n) is 23.2. The van der Waals surface area contributed by atoms with E-state index in [1.807, 2.05) is 182 Å². The molecule has 2 fully saturated rings. The molecule has 0 unspecified atom stereocenters. The predicted molar refractivity (Wildman–Crippen MR) is 255 cm³/mol. The molecule has 354 valence electrons. The van der Waals surface area contributed by atoms with Crippen molar-refractivity contribution >= 4 is 0 Å². The van der Waals surface area contributed by atoms with Gasteiger partial charge >= 0.3 is 0 Å². The molecule has 2 heterocycles. The molecule has 0 amide bonds. The van der Waals surface area contributed by atoms with Gasteiger partial charge in [-0.2, -0.15) is 0 Å². The van der Waals surface area contributed by atoms with E-state index in [1.54, 1.807) is 0 Å². The summed E-state index contributed by atoms with van der Waals surface area (Å²) in [5, 5.41) is 12.1. The van der Waals surface area contributed by atoms with Crippen LogP contribution in [0, 0.1) is 12.3 Å². The number of hydrogen-bond donors (Lipinski definition) is 1. The van der Waals surface area contributed by atoms with Crippen LogP contribution < -0.4 is 0 Å². The maximum atomic E-state index is 12.1. The van der Waals surface area contributed by atoms with Crippen LogP contribution in [-0.4, -0.2) is 86.3 Å². The van der Waals surface area contributed by atoms with Crippen LogP contribution in [-0.2, 0) is 87.0 Å². The zero-order chi connectivity index (χ0) is 46.6. The first kappa shape index (κ1) is 48.9. The predicted octanol–water partition coefficient (Wildman–Crippen LogP) is 8.61. The Morgan fingerprint density at radius 1 is 0.382 bits per heavy atom. The highest BCUT2D eigenvalue weighted by atomic mass is 16.8. The fourth-order valence-electron chi connectivity index (χ4n) is 8.30. The molecule has 6 aromatic carbocycles. The minimum Gasteiger partial charge on any atom is -0.385 e. The van der Waals surface area contributed by atoms with E-state index in [9.17, 15) is 5.11 Å². The van der Waals surface area contributed by atoms with Crippen LogP contribution in [0.15, 0.2) is 182 Å². The lowest BCUT2D eigenvalue weighted by atomic mass is 9.96. The van der Waals surface area contributed by atoms with Crippen LogP contribution in [0.4, 0.5) is 0 Å². The molecule has 10 atom stereocenters. The van der Waals surface area contributed by atoms with Gasteiger partial charge in [0.05, 0.1) is 52.9 Å². The number of hydrogen-bond acceptors (Lipinski definition) is 11. The van der Waals surface area contributed by atoms with Crippen molar-refractivity contribution in [3.05, 3.63) is 215 Å².